The molecule has 1 fully saturated rings. The van der Waals surface area contributed by atoms with Crippen LogP contribution in [0.4, 0.5) is 4.79 Å². The van der Waals surface area contributed by atoms with Gasteiger partial charge >= 0.3 is 6.09 Å². The lowest BCUT2D eigenvalue weighted by molar-refractivity contribution is 0.0804. The maximum absolute atomic E-state index is 12.2. The van der Waals surface area contributed by atoms with Crippen LogP contribution < -0.4 is 0 Å². The normalized spacial score (nSPS) is 18.2. The Balaban J connectivity index is 1.62. The number of rotatable bonds is 3. The molecule has 0 aliphatic carbocycles. The summed E-state index contributed by atoms with van der Waals surface area (Å²) in [5.41, 5.74) is 0.999. The molecule has 5 heteroatoms. The Bertz CT molecular complexity index is 554. The van der Waals surface area contributed by atoms with E-state index in [1.165, 1.54) is 0 Å². The van der Waals surface area contributed by atoms with E-state index in [-0.39, 0.29) is 12.3 Å². The van der Waals surface area contributed by atoms with Crippen LogP contribution in [0.25, 0.3) is 0 Å². The lowest BCUT2D eigenvalue weighted by Crippen LogP contribution is -2.33. The molecule has 1 atom stereocenters. The molecular weight excluding hydrogens is 254 g/mol. The lowest BCUT2D eigenvalue weighted by Gasteiger charge is -2.24. The van der Waals surface area contributed by atoms with Crippen LogP contribution in [-0.2, 0) is 11.3 Å². The molecule has 1 saturated heterocycles. The summed E-state index contributed by atoms with van der Waals surface area (Å²) in [7, 11) is 0. The number of hydrogen-bond acceptors (Lipinski definition) is 3. The van der Waals surface area contributed by atoms with Crippen molar-refractivity contribution in [3.8, 4) is 0 Å². The molecule has 0 saturated carbocycles. The van der Waals surface area contributed by atoms with Crippen molar-refractivity contribution in [1.29, 1.82) is 0 Å². The molecule has 20 heavy (non-hydrogen) atoms. The lowest BCUT2D eigenvalue weighted by atomic mass is 10.2. The molecular formula is C15H17N3O2. The summed E-state index contributed by atoms with van der Waals surface area (Å²) in [5.74, 6) is 0. The van der Waals surface area contributed by atoms with Crippen molar-refractivity contribution in [2.24, 2.45) is 0 Å². The monoisotopic (exact) mass is 271 g/mol. The van der Waals surface area contributed by atoms with Crippen molar-refractivity contribution >= 4 is 6.09 Å². The number of carbonyl (C=O) groups excluding carboxylic acids is 1. The first kappa shape index (κ1) is 12.7. The van der Waals surface area contributed by atoms with Crippen LogP contribution in [0.2, 0.25) is 0 Å². The maximum Gasteiger partial charge on any atom is 0.411 e. The van der Waals surface area contributed by atoms with E-state index in [1.54, 1.807) is 17.4 Å². The van der Waals surface area contributed by atoms with E-state index in [2.05, 4.69) is 4.98 Å². The fourth-order valence-corrected chi connectivity index (χ4v) is 2.52. The van der Waals surface area contributed by atoms with Crippen LogP contribution >= 0.6 is 0 Å². The van der Waals surface area contributed by atoms with Crippen LogP contribution in [0, 0.1) is 0 Å². The molecule has 1 amide bonds. The first-order valence-electron chi connectivity index (χ1n) is 6.79. The van der Waals surface area contributed by atoms with Crippen molar-refractivity contribution < 1.29 is 9.53 Å². The average molecular weight is 271 g/mol. The van der Waals surface area contributed by atoms with Crippen molar-refractivity contribution in [1.82, 2.24) is 14.5 Å². The molecule has 1 aliphatic rings. The molecule has 104 valence electrons. The first-order valence-corrected chi connectivity index (χ1v) is 6.79. The Labute approximate surface area is 117 Å². The summed E-state index contributed by atoms with van der Waals surface area (Å²) >= 11 is 0. The summed E-state index contributed by atoms with van der Waals surface area (Å²) in [4.78, 5) is 18.0. The molecule has 5 nitrogen and oxygen atoms in total. The fraction of sp³-hybridized carbons (Fsp3) is 0.333. The predicted molar refractivity (Wildman–Crippen MR) is 73.8 cm³/mol. The van der Waals surface area contributed by atoms with Gasteiger partial charge in [-0.15, -0.1) is 0 Å². The number of nitrogens with zero attached hydrogens (tertiary/aromatic N) is 3. The molecule has 1 aromatic carbocycles. The zero-order chi connectivity index (χ0) is 13.8. The molecule has 2 aromatic rings. The Kier molecular flexibility index (Phi) is 3.67. The van der Waals surface area contributed by atoms with Gasteiger partial charge in [-0.1, -0.05) is 30.3 Å². The fourth-order valence-electron chi connectivity index (χ4n) is 2.52. The van der Waals surface area contributed by atoms with Gasteiger partial charge in [-0.2, -0.15) is 0 Å². The number of aromatic nitrogens is 2. The zero-order valence-corrected chi connectivity index (χ0v) is 11.2. The number of likely N-dealkylation sites (tertiary alicyclic amines) is 1. The largest absolute Gasteiger partial charge is 0.444 e. The van der Waals surface area contributed by atoms with Gasteiger partial charge in [0.05, 0.1) is 6.33 Å². The van der Waals surface area contributed by atoms with Crippen molar-refractivity contribution in [3.63, 3.8) is 0 Å². The molecule has 1 aromatic heterocycles. The van der Waals surface area contributed by atoms with E-state index in [0.29, 0.717) is 6.61 Å². The minimum absolute atomic E-state index is 0.0285. The highest BCUT2D eigenvalue weighted by Gasteiger charge is 2.30. The van der Waals surface area contributed by atoms with E-state index in [1.807, 2.05) is 41.1 Å². The summed E-state index contributed by atoms with van der Waals surface area (Å²) in [6.45, 7) is 1.04. The van der Waals surface area contributed by atoms with E-state index < -0.39 is 0 Å². The van der Waals surface area contributed by atoms with Crippen molar-refractivity contribution in [3.05, 3.63) is 54.6 Å². The average Bonchev–Trinajstić information content (AvgIpc) is 3.15. The number of hydrogen-bond donors (Lipinski definition) is 0. The predicted octanol–water partition coefficient (Wildman–Crippen LogP) is 2.81. The summed E-state index contributed by atoms with van der Waals surface area (Å²) in [5, 5.41) is 0. The smallest absolute Gasteiger partial charge is 0.411 e. The molecule has 0 bridgehead atoms. The Morgan fingerprint density at radius 2 is 2.20 bits per heavy atom. The van der Waals surface area contributed by atoms with Gasteiger partial charge in [0, 0.05) is 18.9 Å². The zero-order valence-electron chi connectivity index (χ0n) is 11.2. The van der Waals surface area contributed by atoms with Crippen LogP contribution in [0.15, 0.2) is 49.1 Å². The van der Waals surface area contributed by atoms with Crippen LogP contribution in [0.1, 0.15) is 24.6 Å². The molecule has 0 radical (unpaired) electrons. The third-order valence-corrected chi connectivity index (χ3v) is 3.53. The molecule has 2 heterocycles. The highest BCUT2D eigenvalue weighted by Crippen LogP contribution is 2.27. The molecule has 1 aliphatic heterocycles. The minimum Gasteiger partial charge on any atom is -0.444 e. The van der Waals surface area contributed by atoms with Crippen LogP contribution in [0.3, 0.4) is 0 Å². The van der Waals surface area contributed by atoms with Gasteiger partial charge < -0.3 is 9.30 Å². The highest BCUT2D eigenvalue weighted by atomic mass is 16.6. The Morgan fingerprint density at radius 1 is 1.35 bits per heavy atom. The number of imidazole rings is 1. The second-order valence-corrected chi connectivity index (χ2v) is 4.87. The van der Waals surface area contributed by atoms with Gasteiger partial charge in [0.1, 0.15) is 12.8 Å². The molecule has 1 unspecified atom stereocenters. The first-order chi connectivity index (χ1) is 9.84. The molecule has 0 spiro atoms. The quantitative estimate of drug-likeness (QED) is 0.862. The SMILES string of the molecule is O=C(OCc1ccccc1)N1CCCC1n1ccnc1. The number of benzene rings is 1. The van der Waals surface area contributed by atoms with Crippen LogP contribution in [-0.4, -0.2) is 27.1 Å². The third-order valence-electron chi connectivity index (χ3n) is 3.53. The number of amides is 1. The van der Waals surface area contributed by atoms with Gasteiger partial charge in [-0.3, -0.25) is 4.90 Å². The van der Waals surface area contributed by atoms with Crippen molar-refractivity contribution in [2.75, 3.05) is 6.54 Å². The van der Waals surface area contributed by atoms with Crippen LogP contribution in [0.5, 0.6) is 0 Å². The third kappa shape index (κ3) is 2.66. The van der Waals surface area contributed by atoms with Gasteiger partial charge in [0.2, 0.25) is 0 Å². The minimum atomic E-state index is -0.259. The molecule has 0 N–H and O–H groups in total. The number of ether oxygens (including phenoxy) is 1. The second-order valence-electron chi connectivity index (χ2n) is 4.87. The summed E-state index contributed by atoms with van der Waals surface area (Å²) in [6, 6.07) is 9.72. The highest BCUT2D eigenvalue weighted by molar-refractivity contribution is 5.68. The Morgan fingerprint density at radius 3 is 2.95 bits per heavy atom. The second kappa shape index (κ2) is 5.77. The van der Waals surface area contributed by atoms with Gasteiger partial charge in [0.25, 0.3) is 0 Å². The maximum atomic E-state index is 12.2. The Hall–Kier alpha value is -2.30. The van der Waals surface area contributed by atoms with Gasteiger partial charge in [-0.05, 0) is 18.4 Å². The number of carbonyl (C=O) groups is 1. The standard InChI is InChI=1S/C15H17N3O2/c19-15(20-11-13-5-2-1-3-6-13)18-9-4-7-14(18)17-10-8-16-12-17/h1-3,5-6,8,10,12,14H,4,7,9,11H2. The van der Waals surface area contributed by atoms with Gasteiger partial charge in [0.15, 0.2) is 0 Å². The van der Waals surface area contributed by atoms with Crippen molar-refractivity contribution in [2.45, 2.75) is 25.6 Å². The van der Waals surface area contributed by atoms with E-state index in [0.717, 1.165) is 24.9 Å². The van der Waals surface area contributed by atoms with Gasteiger partial charge in [-0.25, -0.2) is 9.78 Å². The topological polar surface area (TPSA) is 47.4 Å². The van der Waals surface area contributed by atoms with E-state index in [9.17, 15) is 4.79 Å². The van der Waals surface area contributed by atoms with E-state index in [4.69, 9.17) is 4.74 Å². The van der Waals surface area contributed by atoms with E-state index >= 15 is 0 Å². The summed E-state index contributed by atoms with van der Waals surface area (Å²) in [6.07, 6.45) is 7.05. The summed E-state index contributed by atoms with van der Waals surface area (Å²) < 4.78 is 7.35. The molecule has 3 rings (SSSR count).